The third-order valence-electron chi connectivity index (χ3n) is 4.01. The van der Waals surface area contributed by atoms with Crippen LogP contribution in [0.5, 0.6) is 17.2 Å². The summed E-state index contributed by atoms with van der Waals surface area (Å²) in [6.07, 6.45) is 0. The molecule has 2 amide bonds. The quantitative estimate of drug-likeness (QED) is 0.532. The number of benzene rings is 1. The lowest BCUT2D eigenvalue weighted by molar-refractivity contribution is -0.130. The lowest BCUT2D eigenvalue weighted by Crippen LogP contribution is -2.56. The normalized spacial score (nSPS) is 15.6. The molecule has 0 aromatic heterocycles. The van der Waals surface area contributed by atoms with Gasteiger partial charge < -0.3 is 29.4 Å². The molecule has 1 aromatic rings. The second-order valence-electron chi connectivity index (χ2n) is 5.70. The molecule has 0 bridgehead atoms. The van der Waals surface area contributed by atoms with Gasteiger partial charge in [0.25, 0.3) is 11.8 Å². The molecule has 0 aliphatic carbocycles. The van der Waals surface area contributed by atoms with Crippen molar-refractivity contribution in [2.45, 2.75) is 6.04 Å². The van der Waals surface area contributed by atoms with Crippen LogP contribution in [0.4, 0.5) is 0 Å². The van der Waals surface area contributed by atoms with Gasteiger partial charge in [0.05, 0.1) is 41.2 Å². The molecule has 1 heterocycles. The first-order valence-corrected chi connectivity index (χ1v) is 8.39. The summed E-state index contributed by atoms with van der Waals surface area (Å²) in [5, 5.41) is 13.7. The maximum absolute atomic E-state index is 12.6. The molecule has 1 saturated heterocycles. The van der Waals surface area contributed by atoms with Crippen molar-refractivity contribution in [3.8, 4) is 17.2 Å². The molecule has 3 N–H and O–H groups in total. The molecule has 1 aromatic carbocycles. The van der Waals surface area contributed by atoms with Crippen LogP contribution < -0.4 is 25.0 Å². The number of hydrogen-bond acceptors (Lipinski definition) is 8. The zero-order valence-electron chi connectivity index (χ0n) is 15.6. The van der Waals surface area contributed by atoms with E-state index >= 15 is 0 Å². The summed E-state index contributed by atoms with van der Waals surface area (Å²) >= 11 is 0. The second-order valence-corrected chi connectivity index (χ2v) is 5.70. The zero-order chi connectivity index (χ0) is 19.8. The van der Waals surface area contributed by atoms with Gasteiger partial charge in [-0.2, -0.15) is 0 Å². The Labute approximate surface area is 157 Å². The van der Waals surface area contributed by atoms with Crippen LogP contribution in [0, 0.1) is 0 Å². The van der Waals surface area contributed by atoms with Gasteiger partial charge in [-0.05, 0) is 12.1 Å². The summed E-state index contributed by atoms with van der Waals surface area (Å²) in [7, 11) is 4.33. The van der Waals surface area contributed by atoms with E-state index in [-0.39, 0.29) is 5.56 Å². The highest BCUT2D eigenvalue weighted by Crippen LogP contribution is 2.38. The average Bonchev–Trinajstić information content (AvgIpc) is 2.71. The van der Waals surface area contributed by atoms with Gasteiger partial charge in [0.1, 0.15) is 6.04 Å². The highest BCUT2D eigenvalue weighted by atomic mass is 16.5. The molecule has 0 spiro atoms. The molecule has 10 nitrogen and oxygen atoms in total. The summed E-state index contributed by atoms with van der Waals surface area (Å²) in [4.78, 5) is 24.9. The molecule has 1 fully saturated rings. The maximum Gasteiger partial charge on any atom is 0.259 e. The number of methoxy groups -OCH3 is 3. The monoisotopic (exact) mass is 383 g/mol. The minimum atomic E-state index is -1.11. The van der Waals surface area contributed by atoms with Crippen molar-refractivity contribution in [3.63, 3.8) is 0 Å². The highest BCUT2D eigenvalue weighted by molar-refractivity contribution is 5.98. The van der Waals surface area contributed by atoms with Crippen LogP contribution in [-0.2, 0) is 9.53 Å². The standard InChI is InChI=1S/C17H25N3O7/c1-24-13-8-11(9-14(25-2)15(13)26-3)16(22)18-12(10-21)17(23)19-20-4-6-27-7-5-20/h8-9,12,21H,4-7,10H2,1-3H3,(H,18,22)(H,19,23)/t12-/m0/s1. The third kappa shape index (κ3) is 5.22. The SMILES string of the molecule is COc1cc(C(=O)N[C@@H](CO)C(=O)NN2CCOCC2)cc(OC)c1OC. The number of carbonyl (C=O) groups is 2. The fourth-order valence-electron chi connectivity index (χ4n) is 2.56. The van der Waals surface area contributed by atoms with Crippen LogP contribution in [0.2, 0.25) is 0 Å². The van der Waals surface area contributed by atoms with Gasteiger partial charge in [-0.25, -0.2) is 5.01 Å². The Bertz CT molecular complexity index is 637. The predicted molar refractivity (Wildman–Crippen MR) is 95.0 cm³/mol. The molecule has 0 unspecified atom stereocenters. The number of carbonyl (C=O) groups excluding carboxylic acids is 2. The molecule has 1 aliphatic rings. The maximum atomic E-state index is 12.6. The van der Waals surface area contributed by atoms with E-state index in [1.54, 1.807) is 5.01 Å². The molecule has 1 atom stereocenters. The zero-order valence-corrected chi connectivity index (χ0v) is 15.6. The Kier molecular flexibility index (Phi) is 7.65. The van der Waals surface area contributed by atoms with Gasteiger partial charge in [0.15, 0.2) is 11.5 Å². The Balaban J connectivity index is 2.10. The number of nitrogens with one attached hydrogen (secondary N) is 2. The number of nitrogens with zero attached hydrogens (tertiary/aromatic N) is 1. The number of morpholine rings is 1. The first-order chi connectivity index (χ1) is 13.0. The Morgan fingerprint density at radius 2 is 1.74 bits per heavy atom. The number of rotatable bonds is 8. The molecular weight excluding hydrogens is 358 g/mol. The Morgan fingerprint density at radius 1 is 1.15 bits per heavy atom. The molecule has 10 heteroatoms. The summed E-state index contributed by atoms with van der Waals surface area (Å²) < 4.78 is 20.9. The smallest absolute Gasteiger partial charge is 0.259 e. The highest BCUT2D eigenvalue weighted by Gasteiger charge is 2.25. The van der Waals surface area contributed by atoms with Crippen LogP contribution in [0.25, 0.3) is 0 Å². The van der Waals surface area contributed by atoms with Gasteiger partial charge in [-0.15, -0.1) is 0 Å². The van der Waals surface area contributed by atoms with Gasteiger partial charge in [0, 0.05) is 18.7 Å². The third-order valence-corrected chi connectivity index (χ3v) is 4.01. The molecule has 1 aliphatic heterocycles. The molecule has 0 saturated carbocycles. The first-order valence-electron chi connectivity index (χ1n) is 8.39. The van der Waals surface area contributed by atoms with Crippen molar-refractivity contribution in [3.05, 3.63) is 17.7 Å². The van der Waals surface area contributed by atoms with Gasteiger partial charge in [0.2, 0.25) is 5.75 Å². The summed E-state index contributed by atoms with van der Waals surface area (Å²) in [5.74, 6) is -0.119. The van der Waals surface area contributed by atoms with E-state index in [0.717, 1.165) is 0 Å². The van der Waals surface area contributed by atoms with Crippen molar-refractivity contribution >= 4 is 11.8 Å². The van der Waals surface area contributed by atoms with Crippen LogP contribution in [0.15, 0.2) is 12.1 Å². The van der Waals surface area contributed by atoms with E-state index in [0.29, 0.717) is 43.6 Å². The number of aliphatic hydroxyl groups is 1. The molecule has 150 valence electrons. The minimum absolute atomic E-state index is 0.196. The second kappa shape index (κ2) is 9.95. The molecule has 27 heavy (non-hydrogen) atoms. The van der Waals surface area contributed by atoms with E-state index in [2.05, 4.69) is 10.7 Å². The van der Waals surface area contributed by atoms with Crippen LogP contribution >= 0.6 is 0 Å². The first kappa shape index (κ1) is 20.7. The van der Waals surface area contributed by atoms with Crippen molar-refractivity contribution in [2.24, 2.45) is 0 Å². The van der Waals surface area contributed by atoms with Crippen molar-refractivity contribution in [1.82, 2.24) is 15.8 Å². The van der Waals surface area contributed by atoms with Crippen LogP contribution in [-0.4, -0.2) is 82.2 Å². The van der Waals surface area contributed by atoms with E-state index in [1.165, 1.54) is 33.5 Å². The lowest BCUT2D eigenvalue weighted by Gasteiger charge is -2.28. The fourth-order valence-corrected chi connectivity index (χ4v) is 2.56. The summed E-state index contributed by atoms with van der Waals surface area (Å²) in [6, 6.07) is 1.81. The number of hydrazine groups is 1. The predicted octanol–water partition coefficient (Wildman–Crippen LogP) is -0.833. The number of amides is 2. The van der Waals surface area contributed by atoms with E-state index < -0.39 is 24.5 Å². The van der Waals surface area contributed by atoms with Gasteiger partial charge >= 0.3 is 0 Å². The summed E-state index contributed by atoms with van der Waals surface area (Å²) in [5.41, 5.74) is 2.86. The number of hydrogen-bond donors (Lipinski definition) is 3. The largest absolute Gasteiger partial charge is 0.493 e. The van der Waals surface area contributed by atoms with Crippen molar-refractivity contribution < 1.29 is 33.6 Å². The fraction of sp³-hybridized carbons (Fsp3) is 0.529. The Hall–Kier alpha value is -2.56. The summed E-state index contributed by atoms with van der Waals surface area (Å²) in [6.45, 7) is 1.52. The van der Waals surface area contributed by atoms with E-state index in [9.17, 15) is 14.7 Å². The number of aliphatic hydroxyl groups excluding tert-OH is 1. The molecule has 0 radical (unpaired) electrons. The molecule has 2 rings (SSSR count). The van der Waals surface area contributed by atoms with E-state index in [1.807, 2.05) is 0 Å². The van der Waals surface area contributed by atoms with Gasteiger partial charge in [-0.1, -0.05) is 0 Å². The van der Waals surface area contributed by atoms with Crippen molar-refractivity contribution in [2.75, 3.05) is 54.2 Å². The van der Waals surface area contributed by atoms with Crippen LogP contribution in [0.1, 0.15) is 10.4 Å². The van der Waals surface area contributed by atoms with Crippen LogP contribution in [0.3, 0.4) is 0 Å². The van der Waals surface area contributed by atoms with Gasteiger partial charge in [-0.3, -0.25) is 15.0 Å². The average molecular weight is 383 g/mol. The topological polar surface area (TPSA) is 119 Å². The Morgan fingerprint density at radius 3 is 2.22 bits per heavy atom. The lowest BCUT2D eigenvalue weighted by atomic mass is 10.1. The minimum Gasteiger partial charge on any atom is -0.493 e. The van der Waals surface area contributed by atoms with E-state index in [4.69, 9.17) is 18.9 Å². The number of ether oxygens (including phenoxy) is 4. The molecular formula is C17H25N3O7. The van der Waals surface area contributed by atoms with Crippen molar-refractivity contribution in [1.29, 1.82) is 0 Å².